The van der Waals surface area contributed by atoms with Gasteiger partial charge < -0.3 is 4.74 Å². The summed E-state index contributed by atoms with van der Waals surface area (Å²) in [5.41, 5.74) is -0.283. The van der Waals surface area contributed by atoms with Gasteiger partial charge in [0.05, 0.1) is 12.7 Å². The smallest absolute Gasteiger partial charge is 0.108 e. The Hall–Kier alpha value is -0.630. The van der Waals surface area contributed by atoms with Crippen molar-refractivity contribution < 1.29 is 4.74 Å². The van der Waals surface area contributed by atoms with Crippen molar-refractivity contribution in [2.45, 2.75) is 56.7 Å². The van der Waals surface area contributed by atoms with Crippen molar-refractivity contribution in [3.05, 3.63) is 0 Å². The van der Waals surface area contributed by atoms with Gasteiger partial charge in [-0.15, -0.1) is 0 Å². The van der Waals surface area contributed by atoms with Gasteiger partial charge in [0.25, 0.3) is 0 Å². The fourth-order valence-corrected chi connectivity index (χ4v) is 3.17. The zero-order valence-corrected chi connectivity index (χ0v) is 11.6. The molecule has 1 N–H and O–H groups in total. The van der Waals surface area contributed by atoms with Gasteiger partial charge in [-0.1, -0.05) is 6.92 Å². The Morgan fingerprint density at radius 3 is 2.89 bits per heavy atom. The second-order valence-corrected chi connectivity index (χ2v) is 5.70. The second-order valence-electron chi connectivity index (χ2n) is 5.70. The van der Waals surface area contributed by atoms with Gasteiger partial charge in [0, 0.05) is 18.7 Å². The molecular weight excluding hydrogens is 226 g/mol. The first kappa shape index (κ1) is 13.8. The monoisotopic (exact) mass is 251 g/mol. The molecule has 3 atom stereocenters. The van der Waals surface area contributed by atoms with Crippen LogP contribution >= 0.6 is 0 Å². The lowest BCUT2D eigenvalue weighted by Crippen LogP contribution is -2.45. The minimum atomic E-state index is -0.283. The minimum Gasteiger partial charge on any atom is -0.380 e. The highest BCUT2D eigenvalue weighted by molar-refractivity contribution is 5.13. The first-order valence-corrected chi connectivity index (χ1v) is 7.17. The van der Waals surface area contributed by atoms with E-state index < -0.39 is 0 Å². The Morgan fingerprint density at radius 2 is 2.28 bits per heavy atom. The molecule has 0 amide bonds. The third-order valence-corrected chi connectivity index (χ3v) is 4.47. The second kappa shape index (κ2) is 6.01. The van der Waals surface area contributed by atoms with Gasteiger partial charge in [0.2, 0.25) is 0 Å². The van der Waals surface area contributed by atoms with E-state index in [1.54, 1.807) is 0 Å². The molecule has 0 radical (unpaired) electrons. The molecule has 1 aliphatic heterocycles. The third kappa shape index (κ3) is 2.85. The molecule has 2 aliphatic rings. The summed E-state index contributed by atoms with van der Waals surface area (Å²) in [6.45, 7) is 4.83. The topological polar surface area (TPSA) is 48.3 Å². The summed E-state index contributed by atoms with van der Waals surface area (Å²) in [6, 6.07) is 3.60. The number of nitrogens with one attached hydrogen (secondary N) is 1. The molecule has 0 aromatic heterocycles. The lowest BCUT2D eigenvalue weighted by Gasteiger charge is -2.30. The van der Waals surface area contributed by atoms with Crippen LogP contribution in [-0.2, 0) is 4.74 Å². The summed E-state index contributed by atoms with van der Waals surface area (Å²) < 4.78 is 5.46. The van der Waals surface area contributed by atoms with Crippen LogP contribution in [0.2, 0.25) is 0 Å². The van der Waals surface area contributed by atoms with Gasteiger partial charge >= 0.3 is 0 Å². The zero-order valence-electron chi connectivity index (χ0n) is 11.6. The average Bonchev–Trinajstić information content (AvgIpc) is 3.06. The highest BCUT2D eigenvalue weighted by Crippen LogP contribution is 2.33. The molecule has 2 fully saturated rings. The SMILES string of the molecule is CCCNC1(C#N)CCC(N(C)C2CCOC2)C1. The fraction of sp³-hybridized carbons (Fsp3) is 0.929. The first-order valence-electron chi connectivity index (χ1n) is 7.17. The van der Waals surface area contributed by atoms with Gasteiger partial charge in [-0.05, 0) is 45.7 Å². The predicted molar refractivity (Wildman–Crippen MR) is 71.3 cm³/mol. The molecule has 1 aliphatic carbocycles. The van der Waals surface area contributed by atoms with E-state index in [4.69, 9.17) is 4.74 Å². The maximum absolute atomic E-state index is 9.45. The zero-order chi connectivity index (χ0) is 13.0. The molecule has 0 aromatic carbocycles. The molecule has 0 aromatic rings. The molecule has 0 bridgehead atoms. The molecule has 0 spiro atoms. The fourth-order valence-electron chi connectivity index (χ4n) is 3.17. The number of ether oxygens (including phenoxy) is 1. The van der Waals surface area contributed by atoms with Crippen molar-refractivity contribution >= 4 is 0 Å². The van der Waals surface area contributed by atoms with Crippen molar-refractivity contribution in [1.82, 2.24) is 10.2 Å². The highest BCUT2D eigenvalue weighted by Gasteiger charge is 2.42. The van der Waals surface area contributed by atoms with Crippen LogP contribution in [0.3, 0.4) is 0 Å². The average molecular weight is 251 g/mol. The van der Waals surface area contributed by atoms with Gasteiger partial charge in [0.15, 0.2) is 0 Å². The Morgan fingerprint density at radius 1 is 1.44 bits per heavy atom. The summed E-state index contributed by atoms with van der Waals surface area (Å²) in [5, 5.41) is 12.9. The Balaban J connectivity index is 1.91. The molecule has 102 valence electrons. The van der Waals surface area contributed by atoms with Crippen LogP contribution < -0.4 is 5.32 Å². The van der Waals surface area contributed by atoms with Crippen LogP contribution in [-0.4, -0.2) is 49.3 Å². The number of nitrogens with zero attached hydrogens (tertiary/aromatic N) is 2. The summed E-state index contributed by atoms with van der Waals surface area (Å²) >= 11 is 0. The quantitative estimate of drug-likeness (QED) is 0.805. The van der Waals surface area contributed by atoms with Gasteiger partial charge in [-0.2, -0.15) is 5.26 Å². The normalized spacial score (nSPS) is 36.1. The molecule has 1 heterocycles. The van der Waals surface area contributed by atoms with Crippen LogP contribution in [0.25, 0.3) is 0 Å². The predicted octanol–water partition coefficient (Wildman–Crippen LogP) is 1.52. The number of hydrogen-bond donors (Lipinski definition) is 1. The molecule has 2 rings (SSSR count). The van der Waals surface area contributed by atoms with Gasteiger partial charge in [0.1, 0.15) is 5.54 Å². The molecule has 3 unspecified atom stereocenters. The molecule has 1 saturated carbocycles. The first-order chi connectivity index (χ1) is 8.71. The van der Waals surface area contributed by atoms with Crippen LogP contribution in [0, 0.1) is 11.3 Å². The van der Waals surface area contributed by atoms with Crippen molar-refractivity contribution in [3.8, 4) is 6.07 Å². The molecule has 4 heteroatoms. The number of rotatable bonds is 5. The molecule has 18 heavy (non-hydrogen) atoms. The standard InChI is InChI=1S/C14H25N3O/c1-3-7-16-14(11-15)6-4-12(9-14)17(2)13-5-8-18-10-13/h12-13,16H,3-10H2,1-2H3. The lowest BCUT2D eigenvalue weighted by molar-refractivity contribution is 0.131. The number of likely N-dealkylation sites (N-methyl/N-ethyl adjacent to an activating group) is 1. The lowest BCUT2D eigenvalue weighted by atomic mass is 9.99. The van der Waals surface area contributed by atoms with Crippen LogP contribution in [0.1, 0.15) is 39.0 Å². The number of nitriles is 1. The minimum absolute atomic E-state index is 0.283. The van der Waals surface area contributed by atoms with Crippen LogP contribution in [0.15, 0.2) is 0 Å². The van der Waals surface area contributed by atoms with Crippen molar-refractivity contribution in [2.24, 2.45) is 0 Å². The summed E-state index contributed by atoms with van der Waals surface area (Å²) in [4.78, 5) is 2.44. The molecular formula is C14H25N3O. The summed E-state index contributed by atoms with van der Waals surface area (Å²) in [7, 11) is 2.19. The maximum Gasteiger partial charge on any atom is 0.108 e. The van der Waals surface area contributed by atoms with E-state index in [9.17, 15) is 5.26 Å². The Bertz CT molecular complexity index is 309. The third-order valence-electron chi connectivity index (χ3n) is 4.47. The van der Waals surface area contributed by atoms with E-state index in [2.05, 4.69) is 30.3 Å². The molecule has 4 nitrogen and oxygen atoms in total. The Kier molecular flexibility index (Phi) is 4.60. The van der Waals surface area contributed by atoms with Crippen molar-refractivity contribution in [3.63, 3.8) is 0 Å². The van der Waals surface area contributed by atoms with Crippen LogP contribution in [0.4, 0.5) is 0 Å². The Labute approximate surface area is 110 Å². The molecule has 1 saturated heterocycles. The maximum atomic E-state index is 9.45. The van der Waals surface area contributed by atoms with Crippen molar-refractivity contribution in [2.75, 3.05) is 26.8 Å². The number of hydrogen-bond acceptors (Lipinski definition) is 4. The van der Waals surface area contributed by atoms with E-state index >= 15 is 0 Å². The van der Waals surface area contributed by atoms with Gasteiger partial charge in [-0.3, -0.25) is 10.2 Å². The summed E-state index contributed by atoms with van der Waals surface area (Å²) in [6.07, 6.45) is 5.27. The highest BCUT2D eigenvalue weighted by atomic mass is 16.5. The van der Waals surface area contributed by atoms with Crippen LogP contribution in [0.5, 0.6) is 0 Å². The van der Waals surface area contributed by atoms with E-state index in [1.165, 1.54) is 0 Å². The van der Waals surface area contributed by atoms with E-state index in [1.807, 2.05) is 0 Å². The van der Waals surface area contributed by atoms with Crippen molar-refractivity contribution in [1.29, 1.82) is 5.26 Å². The summed E-state index contributed by atoms with van der Waals surface area (Å²) in [5.74, 6) is 0. The van der Waals surface area contributed by atoms with Gasteiger partial charge in [-0.25, -0.2) is 0 Å². The van der Waals surface area contributed by atoms with E-state index in [-0.39, 0.29) is 5.54 Å². The van der Waals surface area contributed by atoms with E-state index in [0.717, 1.165) is 51.9 Å². The van der Waals surface area contributed by atoms with E-state index in [0.29, 0.717) is 12.1 Å². The largest absolute Gasteiger partial charge is 0.380 e.